The molecule has 0 aliphatic carbocycles. The Morgan fingerprint density at radius 2 is 2.21 bits per heavy atom. The van der Waals surface area contributed by atoms with Crippen molar-refractivity contribution in [3.63, 3.8) is 0 Å². The van der Waals surface area contributed by atoms with Gasteiger partial charge < -0.3 is 20.1 Å². The standard InChI is InChI=1S/C13H14N2O4/c1-19-7-2-3-9-8(4-7)13(18)15-6-11(16)12(17)10(15)5-14-9/h2-4,10-11,14,16H,5-6H2,1H3. The first-order valence-electron chi connectivity index (χ1n) is 6.06. The van der Waals surface area contributed by atoms with E-state index in [2.05, 4.69) is 5.32 Å². The highest BCUT2D eigenvalue weighted by Crippen LogP contribution is 2.29. The molecule has 2 atom stereocenters. The summed E-state index contributed by atoms with van der Waals surface area (Å²) in [5.41, 5.74) is 1.14. The highest BCUT2D eigenvalue weighted by Gasteiger charge is 2.44. The maximum atomic E-state index is 12.4. The number of aliphatic hydroxyl groups excluding tert-OH is 1. The summed E-state index contributed by atoms with van der Waals surface area (Å²) < 4.78 is 5.11. The van der Waals surface area contributed by atoms with Crippen LogP contribution in [0.1, 0.15) is 10.4 Å². The number of hydrogen-bond acceptors (Lipinski definition) is 5. The fraction of sp³-hybridized carbons (Fsp3) is 0.385. The minimum absolute atomic E-state index is 0.0562. The summed E-state index contributed by atoms with van der Waals surface area (Å²) >= 11 is 0. The van der Waals surface area contributed by atoms with E-state index in [0.29, 0.717) is 23.5 Å². The van der Waals surface area contributed by atoms with Gasteiger partial charge in [-0.3, -0.25) is 9.59 Å². The van der Waals surface area contributed by atoms with E-state index >= 15 is 0 Å². The number of nitrogens with zero attached hydrogens (tertiary/aromatic N) is 1. The van der Waals surface area contributed by atoms with Crippen LogP contribution in [0.4, 0.5) is 5.69 Å². The first-order chi connectivity index (χ1) is 9.11. The van der Waals surface area contributed by atoms with Crippen molar-refractivity contribution in [3.05, 3.63) is 23.8 Å². The van der Waals surface area contributed by atoms with Crippen molar-refractivity contribution >= 4 is 17.4 Å². The number of rotatable bonds is 1. The monoisotopic (exact) mass is 262 g/mol. The molecule has 1 saturated heterocycles. The topological polar surface area (TPSA) is 78.9 Å². The number of aliphatic hydroxyl groups is 1. The number of methoxy groups -OCH3 is 1. The van der Waals surface area contributed by atoms with Gasteiger partial charge in [-0.1, -0.05) is 0 Å². The molecule has 0 saturated carbocycles. The van der Waals surface area contributed by atoms with E-state index in [1.807, 2.05) is 0 Å². The van der Waals surface area contributed by atoms with E-state index in [1.165, 1.54) is 12.0 Å². The molecule has 0 radical (unpaired) electrons. The lowest BCUT2D eigenvalue weighted by Crippen LogP contribution is -2.40. The molecular weight excluding hydrogens is 248 g/mol. The van der Waals surface area contributed by atoms with Crippen LogP contribution >= 0.6 is 0 Å². The van der Waals surface area contributed by atoms with Crippen molar-refractivity contribution in [1.82, 2.24) is 4.90 Å². The Labute approximate surface area is 110 Å². The molecule has 2 unspecified atom stereocenters. The summed E-state index contributed by atoms with van der Waals surface area (Å²) in [4.78, 5) is 25.7. The van der Waals surface area contributed by atoms with Gasteiger partial charge in [0.1, 0.15) is 17.9 Å². The molecule has 0 aromatic heterocycles. The maximum absolute atomic E-state index is 12.4. The van der Waals surface area contributed by atoms with Crippen LogP contribution in [-0.2, 0) is 4.79 Å². The molecule has 3 rings (SSSR count). The van der Waals surface area contributed by atoms with Gasteiger partial charge in [0.15, 0.2) is 5.78 Å². The van der Waals surface area contributed by atoms with Crippen LogP contribution in [0.15, 0.2) is 18.2 Å². The van der Waals surface area contributed by atoms with Crippen molar-refractivity contribution in [1.29, 1.82) is 0 Å². The van der Waals surface area contributed by atoms with Crippen LogP contribution in [0.5, 0.6) is 5.75 Å². The van der Waals surface area contributed by atoms with Crippen LogP contribution < -0.4 is 10.1 Å². The third-order valence-electron chi connectivity index (χ3n) is 3.61. The van der Waals surface area contributed by atoms with Gasteiger partial charge in [0.25, 0.3) is 5.91 Å². The average Bonchev–Trinajstić information content (AvgIpc) is 2.63. The molecule has 6 nitrogen and oxygen atoms in total. The number of ether oxygens (including phenoxy) is 1. The van der Waals surface area contributed by atoms with E-state index in [9.17, 15) is 14.7 Å². The number of nitrogens with one attached hydrogen (secondary N) is 1. The minimum atomic E-state index is -1.08. The van der Waals surface area contributed by atoms with E-state index < -0.39 is 12.1 Å². The van der Waals surface area contributed by atoms with Gasteiger partial charge >= 0.3 is 0 Å². The largest absolute Gasteiger partial charge is 0.497 e. The molecule has 2 N–H and O–H groups in total. The number of carbonyl (C=O) groups is 2. The fourth-order valence-electron chi connectivity index (χ4n) is 2.56. The van der Waals surface area contributed by atoms with Gasteiger partial charge in [0.05, 0.1) is 19.2 Å². The second-order valence-electron chi connectivity index (χ2n) is 4.68. The highest BCUT2D eigenvalue weighted by molar-refractivity contribution is 6.06. The molecule has 100 valence electrons. The number of Topliss-reactive ketones (excluding diaryl/α,β-unsaturated/α-hetero) is 1. The SMILES string of the molecule is COc1ccc2c(c1)C(=O)N1CC(O)C(=O)C1CN2. The Morgan fingerprint density at radius 1 is 1.42 bits per heavy atom. The second-order valence-corrected chi connectivity index (χ2v) is 4.68. The lowest BCUT2D eigenvalue weighted by molar-refractivity contribution is -0.125. The van der Waals surface area contributed by atoms with Gasteiger partial charge in [0, 0.05) is 12.2 Å². The smallest absolute Gasteiger partial charge is 0.256 e. The van der Waals surface area contributed by atoms with Gasteiger partial charge in [-0.05, 0) is 18.2 Å². The predicted octanol–water partition coefficient (Wildman–Crippen LogP) is -0.125. The van der Waals surface area contributed by atoms with Crippen molar-refractivity contribution in [2.75, 3.05) is 25.5 Å². The van der Waals surface area contributed by atoms with Gasteiger partial charge in [-0.2, -0.15) is 0 Å². The zero-order chi connectivity index (χ0) is 13.6. The van der Waals surface area contributed by atoms with Crippen molar-refractivity contribution < 1.29 is 19.4 Å². The molecular formula is C13H14N2O4. The zero-order valence-electron chi connectivity index (χ0n) is 10.4. The van der Waals surface area contributed by atoms with Crippen LogP contribution in [0.2, 0.25) is 0 Å². The summed E-state index contributed by atoms with van der Waals surface area (Å²) in [7, 11) is 1.53. The lowest BCUT2D eigenvalue weighted by atomic mass is 10.1. The molecule has 0 spiro atoms. The normalized spacial score (nSPS) is 25.5. The van der Waals surface area contributed by atoms with Gasteiger partial charge in [-0.25, -0.2) is 0 Å². The number of anilines is 1. The van der Waals surface area contributed by atoms with Gasteiger partial charge in [0.2, 0.25) is 0 Å². The predicted molar refractivity (Wildman–Crippen MR) is 67.3 cm³/mol. The summed E-state index contributed by atoms with van der Waals surface area (Å²) in [5, 5.41) is 12.7. The molecule has 0 bridgehead atoms. The molecule has 1 amide bonds. The van der Waals surface area contributed by atoms with E-state index in [0.717, 1.165) is 0 Å². The van der Waals surface area contributed by atoms with E-state index in [4.69, 9.17) is 4.74 Å². The fourth-order valence-corrected chi connectivity index (χ4v) is 2.56. The van der Waals surface area contributed by atoms with Crippen molar-refractivity contribution in [2.24, 2.45) is 0 Å². The zero-order valence-corrected chi connectivity index (χ0v) is 10.4. The third-order valence-corrected chi connectivity index (χ3v) is 3.61. The van der Waals surface area contributed by atoms with Crippen molar-refractivity contribution in [3.8, 4) is 5.75 Å². The molecule has 6 heteroatoms. The lowest BCUT2D eigenvalue weighted by Gasteiger charge is -2.19. The Hall–Kier alpha value is -2.08. The summed E-state index contributed by atoms with van der Waals surface area (Å²) in [6, 6.07) is 4.56. The number of benzene rings is 1. The van der Waals surface area contributed by atoms with Crippen LogP contribution in [0.3, 0.4) is 0 Å². The molecule has 1 fully saturated rings. The maximum Gasteiger partial charge on any atom is 0.256 e. The number of hydrogen-bond donors (Lipinski definition) is 2. The van der Waals surface area contributed by atoms with Crippen LogP contribution in [-0.4, -0.2) is 54.0 Å². The third kappa shape index (κ3) is 1.76. The first-order valence-corrected chi connectivity index (χ1v) is 6.06. The summed E-state index contributed by atoms with van der Waals surface area (Å²) in [6.45, 7) is 0.377. The number of carbonyl (C=O) groups excluding carboxylic acids is 2. The molecule has 2 aliphatic rings. The van der Waals surface area contributed by atoms with Crippen molar-refractivity contribution in [2.45, 2.75) is 12.1 Å². The second kappa shape index (κ2) is 4.24. The van der Waals surface area contributed by atoms with E-state index in [-0.39, 0.29) is 18.2 Å². The Bertz CT molecular complexity index is 558. The Morgan fingerprint density at radius 3 is 2.95 bits per heavy atom. The first kappa shape index (κ1) is 12.0. The van der Waals surface area contributed by atoms with Gasteiger partial charge in [-0.15, -0.1) is 0 Å². The quantitative estimate of drug-likeness (QED) is 0.737. The molecule has 2 aliphatic heterocycles. The number of fused-ring (bicyclic) bond motifs is 2. The molecule has 1 aromatic carbocycles. The van der Waals surface area contributed by atoms with E-state index in [1.54, 1.807) is 18.2 Å². The van der Waals surface area contributed by atoms with Crippen LogP contribution in [0.25, 0.3) is 0 Å². The summed E-state index contributed by atoms with van der Waals surface area (Å²) in [5.74, 6) is 0.0212. The highest BCUT2D eigenvalue weighted by atomic mass is 16.5. The Kier molecular flexibility index (Phi) is 2.67. The minimum Gasteiger partial charge on any atom is -0.497 e. The summed E-state index contributed by atoms with van der Waals surface area (Å²) in [6.07, 6.45) is -1.08. The Balaban J connectivity index is 2.03. The molecule has 2 heterocycles. The average molecular weight is 262 g/mol. The molecule has 19 heavy (non-hydrogen) atoms. The van der Waals surface area contributed by atoms with Crippen LogP contribution in [0, 0.1) is 0 Å². The molecule has 1 aromatic rings. The number of amides is 1. The number of ketones is 1.